The summed E-state index contributed by atoms with van der Waals surface area (Å²) in [5.74, 6) is 0.998. The number of nitrogens with zero attached hydrogens (tertiary/aromatic N) is 1. The van der Waals surface area contributed by atoms with Crippen molar-refractivity contribution in [2.45, 2.75) is 39.0 Å². The number of anilines is 2. The zero-order chi connectivity index (χ0) is 21.1. The Labute approximate surface area is 181 Å². The number of methoxy groups -OCH3 is 1. The van der Waals surface area contributed by atoms with Gasteiger partial charge in [-0.05, 0) is 62.3 Å². The summed E-state index contributed by atoms with van der Waals surface area (Å²) in [5.41, 5.74) is 2.32. The van der Waals surface area contributed by atoms with Crippen LogP contribution in [-0.2, 0) is 17.6 Å². The molecule has 30 heavy (non-hydrogen) atoms. The van der Waals surface area contributed by atoms with Gasteiger partial charge in [-0.2, -0.15) is 0 Å². The molecule has 6 nitrogen and oxygen atoms in total. The number of carbonyl (C=O) groups is 2. The minimum Gasteiger partial charge on any atom is -0.495 e. The van der Waals surface area contributed by atoms with Gasteiger partial charge in [-0.3, -0.25) is 14.5 Å². The summed E-state index contributed by atoms with van der Waals surface area (Å²) in [4.78, 5) is 29.4. The fraction of sp³-hybridized carbons (Fsp3) is 0.478. The molecule has 2 amide bonds. The lowest BCUT2D eigenvalue weighted by molar-refractivity contribution is -0.117. The number of carbonyl (C=O) groups excluding carboxylic acids is 2. The van der Waals surface area contributed by atoms with E-state index in [1.807, 2.05) is 24.3 Å². The Morgan fingerprint density at radius 3 is 2.83 bits per heavy atom. The molecular formula is C23H29N3O3S. The lowest BCUT2D eigenvalue weighted by atomic mass is 10.0. The van der Waals surface area contributed by atoms with Crippen LogP contribution in [-0.4, -0.2) is 43.5 Å². The van der Waals surface area contributed by atoms with Crippen molar-refractivity contribution in [3.8, 4) is 5.75 Å². The smallest absolute Gasteiger partial charge is 0.259 e. The normalized spacial score (nSPS) is 18.7. The van der Waals surface area contributed by atoms with Crippen molar-refractivity contribution in [1.82, 2.24) is 4.90 Å². The number of ether oxygens (including phenoxy) is 1. The highest BCUT2D eigenvalue weighted by Crippen LogP contribution is 2.40. The van der Waals surface area contributed by atoms with Crippen LogP contribution in [0.1, 0.15) is 47.0 Å². The molecule has 160 valence electrons. The van der Waals surface area contributed by atoms with Gasteiger partial charge in [0.15, 0.2) is 0 Å². The number of amides is 2. The first-order valence-electron chi connectivity index (χ1n) is 10.7. The van der Waals surface area contributed by atoms with Crippen LogP contribution in [0.3, 0.4) is 0 Å². The molecule has 1 aliphatic heterocycles. The Hall–Kier alpha value is -2.38. The van der Waals surface area contributed by atoms with E-state index in [1.54, 1.807) is 18.4 Å². The van der Waals surface area contributed by atoms with Crippen molar-refractivity contribution in [3.63, 3.8) is 0 Å². The number of rotatable bonds is 6. The maximum absolute atomic E-state index is 13.2. The number of likely N-dealkylation sites (tertiary alicyclic amines) is 1. The van der Waals surface area contributed by atoms with Crippen LogP contribution in [0.2, 0.25) is 0 Å². The number of thiophene rings is 1. The predicted molar refractivity (Wildman–Crippen MR) is 121 cm³/mol. The standard InChI is InChI=1S/C23H29N3O3S/c1-15-7-6-12-26(13-15)14-20(27)25-23-21(16-8-5-11-19(16)30-23)22(28)24-17-9-3-4-10-18(17)29-2/h3-4,9-10,15H,5-8,11-14H2,1-2H3,(H,24,28)(H,25,27)/t15-/m1/s1. The summed E-state index contributed by atoms with van der Waals surface area (Å²) in [6, 6.07) is 7.36. The first-order valence-corrected chi connectivity index (χ1v) is 11.5. The Bertz CT molecular complexity index is 940. The van der Waals surface area contributed by atoms with Gasteiger partial charge in [0.1, 0.15) is 10.8 Å². The number of benzene rings is 1. The van der Waals surface area contributed by atoms with Crippen molar-refractivity contribution >= 4 is 33.8 Å². The lowest BCUT2D eigenvalue weighted by Gasteiger charge is -2.30. The van der Waals surface area contributed by atoms with Crippen molar-refractivity contribution in [2.75, 3.05) is 37.4 Å². The molecule has 2 aliphatic rings. The van der Waals surface area contributed by atoms with Gasteiger partial charge in [-0.1, -0.05) is 19.1 Å². The van der Waals surface area contributed by atoms with Gasteiger partial charge in [-0.15, -0.1) is 11.3 Å². The average molecular weight is 428 g/mol. The van der Waals surface area contributed by atoms with Crippen LogP contribution in [0.15, 0.2) is 24.3 Å². The predicted octanol–water partition coefficient (Wildman–Crippen LogP) is 4.17. The number of piperidine rings is 1. The molecule has 0 unspecified atom stereocenters. The van der Waals surface area contributed by atoms with Gasteiger partial charge in [-0.25, -0.2) is 0 Å². The molecule has 2 aromatic rings. The molecule has 4 rings (SSSR count). The Morgan fingerprint density at radius 2 is 2.03 bits per heavy atom. The third kappa shape index (κ3) is 4.52. The molecular weight excluding hydrogens is 398 g/mol. The Balaban J connectivity index is 1.52. The van der Waals surface area contributed by atoms with E-state index in [-0.39, 0.29) is 11.8 Å². The van der Waals surface area contributed by atoms with E-state index < -0.39 is 0 Å². The van der Waals surface area contributed by atoms with Crippen LogP contribution in [0.5, 0.6) is 5.75 Å². The van der Waals surface area contributed by atoms with Gasteiger partial charge >= 0.3 is 0 Å². The third-order valence-electron chi connectivity index (χ3n) is 5.86. The first kappa shape index (κ1) is 20.9. The summed E-state index contributed by atoms with van der Waals surface area (Å²) in [6.45, 7) is 4.52. The van der Waals surface area contributed by atoms with E-state index >= 15 is 0 Å². The summed E-state index contributed by atoms with van der Waals surface area (Å²) >= 11 is 1.55. The summed E-state index contributed by atoms with van der Waals surface area (Å²) in [5, 5.41) is 6.69. The number of para-hydroxylation sites is 2. The molecule has 1 atom stereocenters. The fourth-order valence-electron chi connectivity index (χ4n) is 4.46. The molecule has 7 heteroatoms. The Kier molecular flexibility index (Phi) is 6.39. The zero-order valence-electron chi connectivity index (χ0n) is 17.6. The lowest BCUT2D eigenvalue weighted by Crippen LogP contribution is -2.39. The van der Waals surface area contributed by atoms with Crippen molar-refractivity contribution in [3.05, 3.63) is 40.3 Å². The fourth-order valence-corrected chi connectivity index (χ4v) is 5.77. The molecule has 1 fully saturated rings. The quantitative estimate of drug-likeness (QED) is 0.726. The zero-order valence-corrected chi connectivity index (χ0v) is 18.4. The van der Waals surface area contributed by atoms with E-state index in [4.69, 9.17) is 4.74 Å². The van der Waals surface area contributed by atoms with E-state index in [2.05, 4.69) is 22.5 Å². The minimum atomic E-state index is -0.194. The largest absolute Gasteiger partial charge is 0.495 e. The van der Waals surface area contributed by atoms with Crippen molar-refractivity contribution in [2.24, 2.45) is 5.92 Å². The summed E-state index contributed by atoms with van der Waals surface area (Å²) < 4.78 is 5.36. The SMILES string of the molecule is COc1ccccc1NC(=O)c1c(NC(=O)CN2CCC[C@@H](C)C2)sc2c1CCC2. The van der Waals surface area contributed by atoms with Gasteiger partial charge in [0.05, 0.1) is 24.9 Å². The van der Waals surface area contributed by atoms with Gasteiger partial charge in [0, 0.05) is 11.4 Å². The molecule has 0 radical (unpaired) electrons. The highest BCUT2D eigenvalue weighted by Gasteiger charge is 2.28. The van der Waals surface area contributed by atoms with Crippen LogP contribution < -0.4 is 15.4 Å². The average Bonchev–Trinajstić information content (AvgIpc) is 3.29. The second-order valence-electron chi connectivity index (χ2n) is 8.25. The van der Waals surface area contributed by atoms with E-state index in [0.717, 1.165) is 44.3 Å². The minimum absolute atomic E-state index is 0.0460. The number of hydrogen-bond donors (Lipinski definition) is 2. The summed E-state index contributed by atoms with van der Waals surface area (Å²) in [7, 11) is 1.58. The molecule has 1 aliphatic carbocycles. The van der Waals surface area contributed by atoms with E-state index in [9.17, 15) is 9.59 Å². The third-order valence-corrected chi connectivity index (χ3v) is 7.07. The maximum Gasteiger partial charge on any atom is 0.259 e. The Morgan fingerprint density at radius 1 is 1.20 bits per heavy atom. The first-order chi connectivity index (χ1) is 14.5. The van der Waals surface area contributed by atoms with Crippen LogP contribution in [0, 0.1) is 5.92 Å². The van der Waals surface area contributed by atoms with Crippen molar-refractivity contribution in [1.29, 1.82) is 0 Å². The summed E-state index contributed by atoms with van der Waals surface area (Å²) in [6.07, 6.45) is 5.25. The van der Waals surface area contributed by atoms with E-state index in [1.165, 1.54) is 11.3 Å². The molecule has 0 bridgehead atoms. The monoisotopic (exact) mass is 427 g/mol. The molecule has 1 saturated heterocycles. The second-order valence-corrected chi connectivity index (χ2v) is 9.35. The van der Waals surface area contributed by atoms with Crippen LogP contribution in [0.25, 0.3) is 0 Å². The van der Waals surface area contributed by atoms with Crippen LogP contribution >= 0.6 is 11.3 Å². The highest BCUT2D eigenvalue weighted by atomic mass is 32.1. The molecule has 2 heterocycles. The molecule has 0 spiro atoms. The van der Waals surface area contributed by atoms with Crippen molar-refractivity contribution < 1.29 is 14.3 Å². The van der Waals surface area contributed by atoms with Crippen LogP contribution in [0.4, 0.5) is 10.7 Å². The number of aryl methyl sites for hydroxylation is 1. The maximum atomic E-state index is 13.2. The topological polar surface area (TPSA) is 70.7 Å². The molecule has 1 aromatic carbocycles. The molecule has 1 aromatic heterocycles. The molecule has 2 N–H and O–H groups in total. The number of nitrogens with one attached hydrogen (secondary N) is 2. The van der Waals surface area contributed by atoms with E-state index in [0.29, 0.717) is 34.5 Å². The van der Waals surface area contributed by atoms with Gasteiger partial charge in [0.2, 0.25) is 5.91 Å². The molecule has 0 saturated carbocycles. The van der Waals surface area contributed by atoms with Gasteiger partial charge in [0.25, 0.3) is 5.91 Å². The van der Waals surface area contributed by atoms with Gasteiger partial charge < -0.3 is 15.4 Å². The number of hydrogen-bond acceptors (Lipinski definition) is 5. The second kappa shape index (κ2) is 9.18. The highest BCUT2D eigenvalue weighted by molar-refractivity contribution is 7.17. The number of fused-ring (bicyclic) bond motifs is 1.